The van der Waals surface area contributed by atoms with Gasteiger partial charge in [-0.05, 0) is 49.2 Å². The van der Waals surface area contributed by atoms with E-state index in [0.717, 1.165) is 47.8 Å². The second-order valence-electron chi connectivity index (χ2n) is 5.68. The molecule has 2 aromatic rings. The third-order valence-corrected chi connectivity index (χ3v) is 3.86. The molecule has 0 aliphatic heterocycles. The van der Waals surface area contributed by atoms with Crippen LogP contribution in [0.3, 0.4) is 0 Å². The third-order valence-electron chi connectivity index (χ3n) is 3.86. The lowest BCUT2D eigenvalue weighted by Gasteiger charge is -2.21. The van der Waals surface area contributed by atoms with E-state index in [-0.39, 0.29) is 5.78 Å². The van der Waals surface area contributed by atoms with Crippen LogP contribution in [-0.2, 0) is 0 Å². The molecule has 0 N–H and O–H groups in total. The van der Waals surface area contributed by atoms with Crippen molar-refractivity contribution in [2.24, 2.45) is 0 Å². The molecule has 2 rings (SSSR count). The highest BCUT2D eigenvalue weighted by Gasteiger charge is 2.16. The van der Waals surface area contributed by atoms with Gasteiger partial charge in [0.2, 0.25) is 0 Å². The number of hydrogen-bond donors (Lipinski definition) is 0. The van der Waals surface area contributed by atoms with E-state index in [4.69, 9.17) is 0 Å². The molecule has 0 saturated carbocycles. The summed E-state index contributed by atoms with van der Waals surface area (Å²) in [5.74, 6) is 0.242. The molecule has 0 aliphatic rings. The van der Waals surface area contributed by atoms with Crippen molar-refractivity contribution in [2.45, 2.75) is 33.6 Å². The summed E-state index contributed by atoms with van der Waals surface area (Å²) in [6, 6.07) is 12.3. The molecule has 0 spiro atoms. The summed E-state index contributed by atoms with van der Waals surface area (Å²) in [7, 11) is 0. The van der Waals surface area contributed by atoms with Gasteiger partial charge in [-0.15, -0.1) is 0 Å². The topological polar surface area (TPSA) is 20.3 Å². The fourth-order valence-electron chi connectivity index (χ4n) is 2.94. The minimum Gasteiger partial charge on any atom is -0.296 e. The lowest BCUT2D eigenvalue weighted by molar-refractivity contribution is 0.0931. The molecule has 0 atom stereocenters. The first kappa shape index (κ1) is 15.7. The lowest BCUT2D eigenvalue weighted by atomic mass is 9.96. The fraction of sp³-hybridized carbons (Fsp3) is 0.421. The van der Waals surface area contributed by atoms with Crippen molar-refractivity contribution in [2.75, 3.05) is 19.6 Å². The summed E-state index contributed by atoms with van der Waals surface area (Å²) < 4.78 is 0. The number of Topliss-reactive ketones (excluding diaryl/α,β-unsaturated/α-hetero) is 1. The molecule has 0 bridgehead atoms. The van der Waals surface area contributed by atoms with Crippen molar-refractivity contribution in [3.05, 3.63) is 47.5 Å². The first-order valence-electron chi connectivity index (χ1n) is 7.91. The average Bonchev–Trinajstić information content (AvgIpc) is 2.47. The smallest absolute Gasteiger partial charge is 0.177 e. The van der Waals surface area contributed by atoms with E-state index in [1.165, 1.54) is 0 Å². The Morgan fingerprint density at radius 3 is 2.33 bits per heavy atom. The Kier molecular flexibility index (Phi) is 5.51. The maximum absolute atomic E-state index is 12.8. The van der Waals surface area contributed by atoms with Gasteiger partial charge in [-0.1, -0.05) is 50.2 Å². The SMILES string of the molecule is CCCN(CCC)CC(=O)c1c(C)ccc2ccccc12. The van der Waals surface area contributed by atoms with Gasteiger partial charge in [0.05, 0.1) is 6.54 Å². The van der Waals surface area contributed by atoms with E-state index in [2.05, 4.69) is 43.0 Å². The van der Waals surface area contributed by atoms with Crippen molar-refractivity contribution in [1.82, 2.24) is 4.90 Å². The number of benzene rings is 2. The van der Waals surface area contributed by atoms with Crippen molar-refractivity contribution < 1.29 is 4.79 Å². The van der Waals surface area contributed by atoms with Crippen molar-refractivity contribution in [1.29, 1.82) is 0 Å². The van der Waals surface area contributed by atoms with Gasteiger partial charge in [0.25, 0.3) is 0 Å². The molecule has 0 aromatic heterocycles. The van der Waals surface area contributed by atoms with Crippen LogP contribution in [0, 0.1) is 6.92 Å². The van der Waals surface area contributed by atoms with Crippen LogP contribution in [0.4, 0.5) is 0 Å². The van der Waals surface area contributed by atoms with Crippen molar-refractivity contribution in [3.8, 4) is 0 Å². The number of nitrogens with zero attached hydrogens (tertiary/aromatic N) is 1. The van der Waals surface area contributed by atoms with Crippen molar-refractivity contribution in [3.63, 3.8) is 0 Å². The molecule has 0 heterocycles. The van der Waals surface area contributed by atoms with E-state index in [0.29, 0.717) is 6.54 Å². The number of ketones is 1. The molecule has 0 saturated heterocycles. The zero-order chi connectivity index (χ0) is 15.2. The van der Waals surface area contributed by atoms with Crippen LogP contribution < -0.4 is 0 Å². The fourth-order valence-corrected chi connectivity index (χ4v) is 2.94. The predicted molar refractivity (Wildman–Crippen MR) is 90.0 cm³/mol. The first-order chi connectivity index (χ1) is 10.2. The van der Waals surface area contributed by atoms with Gasteiger partial charge in [-0.25, -0.2) is 0 Å². The number of rotatable bonds is 7. The van der Waals surface area contributed by atoms with Crippen LogP contribution in [0.25, 0.3) is 10.8 Å². The van der Waals surface area contributed by atoms with Gasteiger partial charge in [-0.3, -0.25) is 9.69 Å². The van der Waals surface area contributed by atoms with E-state index in [9.17, 15) is 4.79 Å². The van der Waals surface area contributed by atoms with Crippen molar-refractivity contribution >= 4 is 16.6 Å². The quantitative estimate of drug-likeness (QED) is 0.700. The Balaban J connectivity index is 2.32. The number of aryl methyl sites for hydroxylation is 1. The van der Waals surface area contributed by atoms with Crippen LogP contribution in [0.15, 0.2) is 36.4 Å². The number of carbonyl (C=O) groups excluding carboxylic acids is 1. The Morgan fingerprint density at radius 1 is 1.00 bits per heavy atom. The lowest BCUT2D eigenvalue weighted by Crippen LogP contribution is -2.31. The van der Waals surface area contributed by atoms with Crippen LogP contribution in [-0.4, -0.2) is 30.3 Å². The maximum atomic E-state index is 12.8. The zero-order valence-electron chi connectivity index (χ0n) is 13.4. The van der Waals surface area contributed by atoms with Gasteiger partial charge in [0.1, 0.15) is 0 Å². The average molecular weight is 283 g/mol. The second kappa shape index (κ2) is 7.37. The number of carbonyl (C=O) groups is 1. The van der Waals surface area contributed by atoms with Gasteiger partial charge in [0.15, 0.2) is 5.78 Å². The van der Waals surface area contributed by atoms with E-state index < -0.39 is 0 Å². The summed E-state index contributed by atoms with van der Waals surface area (Å²) in [5.41, 5.74) is 1.97. The molecule has 0 unspecified atom stereocenters. The molecular formula is C19H25NO. The highest BCUT2D eigenvalue weighted by molar-refractivity contribution is 6.10. The summed E-state index contributed by atoms with van der Waals surface area (Å²) >= 11 is 0. The summed E-state index contributed by atoms with van der Waals surface area (Å²) in [6.07, 6.45) is 2.17. The molecule has 0 radical (unpaired) electrons. The monoisotopic (exact) mass is 283 g/mol. The minimum atomic E-state index is 0.242. The normalized spacial score (nSPS) is 11.2. The molecule has 21 heavy (non-hydrogen) atoms. The molecule has 0 amide bonds. The molecule has 0 aliphatic carbocycles. The number of fused-ring (bicyclic) bond motifs is 1. The van der Waals surface area contributed by atoms with Gasteiger partial charge >= 0.3 is 0 Å². The molecule has 112 valence electrons. The molecular weight excluding hydrogens is 258 g/mol. The minimum absolute atomic E-state index is 0.242. The second-order valence-corrected chi connectivity index (χ2v) is 5.68. The van der Waals surface area contributed by atoms with Gasteiger partial charge in [-0.2, -0.15) is 0 Å². The third kappa shape index (κ3) is 3.70. The Bertz CT molecular complexity index is 612. The highest BCUT2D eigenvalue weighted by Crippen LogP contribution is 2.23. The van der Waals surface area contributed by atoms with E-state index in [1.54, 1.807) is 0 Å². The Hall–Kier alpha value is -1.67. The largest absolute Gasteiger partial charge is 0.296 e. The van der Waals surface area contributed by atoms with Crippen LogP contribution >= 0.6 is 0 Å². The maximum Gasteiger partial charge on any atom is 0.177 e. The van der Waals surface area contributed by atoms with Gasteiger partial charge < -0.3 is 0 Å². The summed E-state index contributed by atoms with van der Waals surface area (Å²) in [6.45, 7) is 8.86. The molecule has 2 heteroatoms. The molecule has 2 aromatic carbocycles. The van der Waals surface area contributed by atoms with E-state index >= 15 is 0 Å². The Labute approximate surface area is 127 Å². The summed E-state index contributed by atoms with van der Waals surface area (Å²) in [4.78, 5) is 15.1. The molecule has 0 fully saturated rings. The highest BCUT2D eigenvalue weighted by atomic mass is 16.1. The molecule has 2 nitrogen and oxygen atoms in total. The van der Waals surface area contributed by atoms with Crippen LogP contribution in [0.1, 0.15) is 42.6 Å². The van der Waals surface area contributed by atoms with Gasteiger partial charge in [0, 0.05) is 5.56 Å². The first-order valence-corrected chi connectivity index (χ1v) is 7.91. The van der Waals surface area contributed by atoms with E-state index in [1.807, 2.05) is 19.1 Å². The van der Waals surface area contributed by atoms with Crippen LogP contribution in [0.2, 0.25) is 0 Å². The zero-order valence-corrected chi connectivity index (χ0v) is 13.4. The van der Waals surface area contributed by atoms with Crippen LogP contribution in [0.5, 0.6) is 0 Å². The summed E-state index contributed by atoms with van der Waals surface area (Å²) in [5, 5.41) is 2.22. The Morgan fingerprint density at radius 2 is 1.67 bits per heavy atom. The number of hydrogen-bond acceptors (Lipinski definition) is 2. The predicted octanol–water partition coefficient (Wildman–Crippen LogP) is 4.45. The standard InChI is InChI=1S/C19H25NO/c1-4-12-20(13-5-2)14-18(21)19-15(3)10-11-16-8-6-7-9-17(16)19/h6-11H,4-5,12-14H2,1-3H3.